The summed E-state index contributed by atoms with van der Waals surface area (Å²) in [6.45, 7) is 0. The van der Waals surface area contributed by atoms with Gasteiger partial charge in [0.05, 0.1) is 0 Å². The van der Waals surface area contributed by atoms with E-state index in [1.165, 1.54) is 0 Å². The number of hydrogen-bond donors (Lipinski definition) is 1. The van der Waals surface area contributed by atoms with E-state index in [2.05, 4.69) is 24.3 Å². The Morgan fingerprint density at radius 3 is 2.21 bits per heavy atom. The molecule has 3 nitrogen and oxygen atoms in total. The van der Waals surface area contributed by atoms with E-state index in [9.17, 15) is 5.02 Å². The van der Waals surface area contributed by atoms with Crippen molar-refractivity contribution >= 4 is 51.2 Å². The van der Waals surface area contributed by atoms with Crippen LogP contribution in [0.3, 0.4) is 0 Å². The molecule has 0 unspecified atom stereocenters. The molecule has 24 heavy (non-hydrogen) atoms. The SMILES string of the molecule is OBOc1cc2c3ccc4ccccc4c3oc2c2ccccc12. The molecule has 0 saturated carbocycles. The van der Waals surface area contributed by atoms with Gasteiger partial charge in [-0.1, -0.05) is 54.6 Å². The molecule has 5 rings (SSSR count). The van der Waals surface area contributed by atoms with Crippen molar-refractivity contribution in [1.82, 2.24) is 0 Å². The highest BCUT2D eigenvalue weighted by Crippen LogP contribution is 2.40. The van der Waals surface area contributed by atoms with Crippen molar-refractivity contribution in [2.75, 3.05) is 0 Å². The van der Waals surface area contributed by atoms with Crippen LogP contribution in [0.25, 0.3) is 43.5 Å². The zero-order chi connectivity index (χ0) is 16.1. The van der Waals surface area contributed by atoms with Crippen LogP contribution < -0.4 is 4.65 Å². The molecule has 114 valence electrons. The first-order chi connectivity index (χ1) is 11.9. The topological polar surface area (TPSA) is 42.6 Å². The Labute approximate surface area is 138 Å². The minimum Gasteiger partial charge on any atom is -0.538 e. The summed E-state index contributed by atoms with van der Waals surface area (Å²) in [4.78, 5) is 0. The van der Waals surface area contributed by atoms with E-state index in [0.717, 1.165) is 43.5 Å². The maximum atomic E-state index is 9.21. The van der Waals surface area contributed by atoms with Gasteiger partial charge in [-0.3, -0.25) is 0 Å². The summed E-state index contributed by atoms with van der Waals surface area (Å²) in [6, 6.07) is 22.3. The van der Waals surface area contributed by atoms with Gasteiger partial charge in [-0.05, 0) is 17.5 Å². The second-order valence-electron chi connectivity index (χ2n) is 5.84. The van der Waals surface area contributed by atoms with Gasteiger partial charge in [0.2, 0.25) is 0 Å². The molecule has 4 aromatic carbocycles. The average molecular weight is 312 g/mol. The van der Waals surface area contributed by atoms with Crippen LogP contribution in [0.15, 0.2) is 71.1 Å². The van der Waals surface area contributed by atoms with E-state index in [0.29, 0.717) is 5.75 Å². The number of furan rings is 1. The van der Waals surface area contributed by atoms with Gasteiger partial charge in [0.15, 0.2) is 0 Å². The molecular weight excluding hydrogens is 299 g/mol. The summed E-state index contributed by atoms with van der Waals surface area (Å²) in [5.74, 6) is 0.663. The van der Waals surface area contributed by atoms with E-state index >= 15 is 0 Å². The average Bonchev–Trinajstić information content (AvgIpc) is 3.01. The third-order valence-electron chi connectivity index (χ3n) is 4.55. The van der Waals surface area contributed by atoms with Gasteiger partial charge in [0.1, 0.15) is 16.9 Å². The van der Waals surface area contributed by atoms with Gasteiger partial charge in [0, 0.05) is 26.9 Å². The van der Waals surface area contributed by atoms with Gasteiger partial charge in [-0.25, -0.2) is 0 Å². The van der Waals surface area contributed by atoms with Crippen LogP contribution in [0, 0.1) is 0 Å². The minimum atomic E-state index is -0.353. The summed E-state index contributed by atoms with van der Waals surface area (Å²) in [6.07, 6.45) is 0. The Balaban J connectivity index is 2.02. The highest BCUT2D eigenvalue weighted by molar-refractivity contribution is 6.23. The highest BCUT2D eigenvalue weighted by Gasteiger charge is 2.15. The third kappa shape index (κ3) is 1.77. The Morgan fingerprint density at radius 2 is 1.38 bits per heavy atom. The fourth-order valence-electron chi connectivity index (χ4n) is 3.48. The Hall–Kier alpha value is -2.98. The van der Waals surface area contributed by atoms with Crippen molar-refractivity contribution in [2.24, 2.45) is 0 Å². The summed E-state index contributed by atoms with van der Waals surface area (Å²) in [7, 11) is -0.353. The predicted molar refractivity (Wildman–Crippen MR) is 98.7 cm³/mol. The molecule has 0 saturated heterocycles. The van der Waals surface area contributed by atoms with E-state index in [4.69, 9.17) is 9.07 Å². The second kappa shape index (κ2) is 5.01. The monoisotopic (exact) mass is 312 g/mol. The van der Waals surface area contributed by atoms with E-state index in [1.54, 1.807) is 0 Å². The van der Waals surface area contributed by atoms with E-state index < -0.39 is 0 Å². The molecule has 1 N–H and O–H groups in total. The van der Waals surface area contributed by atoms with Gasteiger partial charge >= 0.3 is 7.69 Å². The predicted octanol–water partition coefficient (Wildman–Crippen LogP) is 4.53. The lowest BCUT2D eigenvalue weighted by molar-refractivity contribution is 0.457. The van der Waals surface area contributed by atoms with Crippen molar-refractivity contribution in [3.8, 4) is 5.75 Å². The molecular formula is C20H13BO3. The van der Waals surface area contributed by atoms with Gasteiger partial charge in [-0.15, -0.1) is 0 Å². The molecule has 0 aliphatic heterocycles. The maximum Gasteiger partial charge on any atom is 0.504 e. The van der Waals surface area contributed by atoms with E-state index in [-0.39, 0.29) is 7.69 Å². The van der Waals surface area contributed by atoms with Crippen LogP contribution in [-0.2, 0) is 0 Å². The van der Waals surface area contributed by atoms with Crippen molar-refractivity contribution < 1.29 is 14.1 Å². The molecule has 0 aliphatic carbocycles. The van der Waals surface area contributed by atoms with Gasteiger partial charge < -0.3 is 14.1 Å². The smallest absolute Gasteiger partial charge is 0.504 e. The zero-order valence-corrected chi connectivity index (χ0v) is 12.8. The molecule has 1 aromatic heterocycles. The van der Waals surface area contributed by atoms with Crippen molar-refractivity contribution in [3.63, 3.8) is 0 Å². The first kappa shape index (κ1) is 13.5. The molecule has 0 bridgehead atoms. The van der Waals surface area contributed by atoms with Crippen LogP contribution in [0.1, 0.15) is 0 Å². The summed E-state index contributed by atoms with van der Waals surface area (Å²) < 4.78 is 11.7. The molecule has 4 heteroatoms. The molecule has 0 amide bonds. The lowest BCUT2D eigenvalue weighted by Gasteiger charge is -2.07. The fraction of sp³-hybridized carbons (Fsp3) is 0. The van der Waals surface area contributed by atoms with Crippen LogP contribution in [0.2, 0.25) is 0 Å². The van der Waals surface area contributed by atoms with Gasteiger partial charge in [0.25, 0.3) is 0 Å². The van der Waals surface area contributed by atoms with E-state index in [1.807, 2.05) is 42.5 Å². The number of benzene rings is 4. The Morgan fingerprint density at radius 1 is 0.708 bits per heavy atom. The van der Waals surface area contributed by atoms with Crippen LogP contribution >= 0.6 is 0 Å². The summed E-state index contributed by atoms with van der Waals surface area (Å²) >= 11 is 0. The number of hydrogen-bond acceptors (Lipinski definition) is 3. The first-order valence-corrected chi connectivity index (χ1v) is 7.86. The van der Waals surface area contributed by atoms with Crippen molar-refractivity contribution in [2.45, 2.75) is 0 Å². The minimum absolute atomic E-state index is 0.353. The molecule has 1 heterocycles. The Kier molecular flexibility index (Phi) is 2.81. The molecule has 0 fully saturated rings. The number of rotatable bonds is 2. The molecule has 0 aliphatic rings. The van der Waals surface area contributed by atoms with Crippen LogP contribution in [-0.4, -0.2) is 12.7 Å². The third-order valence-corrected chi connectivity index (χ3v) is 4.55. The lowest BCUT2D eigenvalue weighted by atomic mass is 10.0. The molecule has 0 atom stereocenters. The van der Waals surface area contributed by atoms with Crippen molar-refractivity contribution in [1.29, 1.82) is 0 Å². The molecule has 5 aromatic rings. The van der Waals surface area contributed by atoms with Crippen LogP contribution in [0.4, 0.5) is 0 Å². The largest absolute Gasteiger partial charge is 0.538 e. The normalized spacial score (nSPS) is 11.5. The fourth-order valence-corrected chi connectivity index (χ4v) is 3.48. The zero-order valence-electron chi connectivity index (χ0n) is 12.8. The van der Waals surface area contributed by atoms with Crippen molar-refractivity contribution in [3.05, 3.63) is 66.7 Å². The summed E-state index contributed by atoms with van der Waals surface area (Å²) in [5.41, 5.74) is 1.73. The number of fused-ring (bicyclic) bond motifs is 7. The molecule has 0 spiro atoms. The Bertz CT molecular complexity index is 1220. The quantitative estimate of drug-likeness (QED) is 0.487. The standard InChI is InChI=1S/C20H13BO3/c22-21-24-18-11-17-16-10-9-12-5-1-2-6-13(12)19(16)23-20(17)15-8-4-3-7-14(15)18/h1-11,21-22H. The molecule has 0 radical (unpaired) electrons. The maximum absolute atomic E-state index is 9.21. The van der Waals surface area contributed by atoms with Crippen LogP contribution in [0.5, 0.6) is 5.75 Å². The highest BCUT2D eigenvalue weighted by atomic mass is 16.5. The second-order valence-corrected chi connectivity index (χ2v) is 5.84. The summed E-state index contributed by atoms with van der Waals surface area (Å²) in [5, 5.41) is 15.4. The van der Waals surface area contributed by atoms with Gasteiger partial charge in [-0.2, -0.15) is 0 Å². The lowest BCUT2D eigenvalue weighted by Crippen LogP contribution is -2.00. The first-order valence-electron chi connectivity index (χ1n) is 7.86.